The number of carbonyl (C=O) groups excluding carboxylic acids is 1. The molecule has 0 radical (unpaired) electrons. The second-order valence-electron chi connectivity index (χ2n) is 3.57. The van der Waals surface area contributed by atoms with E-state index in [1.165, 1.54) is 12.7 Å². The third-order valence-electron chi connectivity index (χ3n) is 2.53. The summed E-state index contributed by atoms with van der Waals surface area (Å²) in [7, 11) is 1.38. The summed E-state index contributed by atoms with van der Waals surface area (Å²) in [5.74, 6) is -0.334. The summed E-state index contributed by atoms with van der Waals surface area (Å²) < 4.78 is 4.67. The average Bonchev–Trinajstić information content (AvgIpc) is 2.36. The van der Waals surface area contributed by atoms with Crippen LogP contribution in [-0.2, 0) is 9.53 Å². The number of halogens is 1. The van der Waals surface area contributed by atoms with Crippen molar-refractivity contribution in [1.82, 2.24) is 5.32 Å². The van der Waals surface area contributed by atoms with Gasteiger partial charge >= 0.3 is 5.97 Å². The Morgan fingerprint density at radius 1 is 1.56 bits per heavy atom. The number of dihydropyridines is 1. The Balaban J connectivity index is 2.23. The number of rotatable bonds is 2. The van der Waals surface area contributed by atoms with E-state index in [0.717, 1.165) is 10.9 Å². The number of alkyl halides is 1. The second-order valence-corrected chi connectivity index (χ2v) is 4.13. The van der Waals surface area contributed by atoms with Gasteiger partial charge in [0.25, 0.3) is 0 Å². The lowest BCUT2D eigenvalue weighted by molar-refractivity contribution is -0.136. The fourth-order valence-electron chi connectivity index (χ4n) is 1.68. The molecule has 0 amide bonds. The van der Waals surface area contributed by atoms with Gasteiger partial charge < -0.3 is 10.1 Å². The van der Waals surface area contributed by atoms with Crippen LogP contribution in [-0.4, -0.2) is 24.5 Å². The molecular formula is C12H12BrNO2. The molecule has 16 heavy (non-hydrogen) atoms. The standard InChI is InChI=1S/C12H12BrNO2/c1-16-12(15)11-5-3-9-6-8(7-13)2-4-10(9)14-11/h2-6,10,14H,7H2,1H3. The summed E-state index contributed by atoms with van der Waals surface area (Å²) >= 11 is 3.42. The van der Waals surface area contributed by atoms with E-state index in [4.69, 9.17) is 0 Å². The molecule has 4 heteroatoms. The predicted molar refractivity (Wildman–Crippen MR) is 66.1 cm³/mol. The molecule has 0 aromatic carbocycles. The topological polar surface area (TPSA) is 38.3 Å². The monoisotopic (exact) mass is 281 g/mol. The van der Waals surface area contributed by atoms with E-state index < -0.39 is 0 Å². The Bertz CT molecular complexity index is 432. The summed E-state index contributed by atoms with van der Waals surface area (Å²) in [5.41, 5.74) is 2.88. The van der Waals surface area contributed by atoms with Crippen LogP contribution in [0.2, 0.25) is 0 Å². The first-order valence-electron chi connectivity index (χ1n) is 4.96. The molecule has 0 saturated heterocycles. The minimum absolute atomic E-state index is 0.0712. The van der Waals surface area contributed by atoms with Crippen molar-refractivity contribution in [2.75, 3.05) is 12.4 Å². The van der Waals surface area contributed by atoms with Gasteiger partial charge in [-0.25, -0.2) is 4.79 Å². The molecule has 0 fully saturated rings. The van der Waals surface area contributed by atoms with Gasteiger partial charge in [0.05, 0.1) is 13.2 Å². The fraction of sp³-hybridized carbons (Fsp3) is 0.250. The highest BCUT2D eigenvalue weighted by molar-refractivity contribution is 9.09. The molecule has 1 unspecified atom stereocenters. The number of nitrogens with one attached hydrogen (secondary N) is 1. The lowest BCUT2D eigenvalue weighted by Gasteiger charge is -2.25. The maximum atomic E-state index is 11.3. The van der Waals surface area contributed by atoms with Crippen LogP contribution in [0.4, 0.5) is 0 Å². The molecule has 0 aromatic rings. The molecule has 3 nitrogen and oxygen atoms in total. The van der Waals surface area contributed by atoms with Gasteiger partial charge in [0.1, 0.15) is 5.70 Å². The number of hydrogen-bond donors (Lipinski definition) is 1. The lowest BCUT2D eigenvalue weighted by Crippen LogP contribution is -2.35. The molecule has 1 N–H and O–H groups in total. The Hall–Kier alpha value is -1.29. The molecule has 2 aliphatic rings. The van der Waals surface area contributed by atoms with E-state index in [1.54, 1.807) is 6.08 Å². The zero-order chi connectivity index (χ0) is 11.5. The fourth-order valence-corrected chi connectivity index (χ4v) is 2.03. The van der Waals surface area contributed by atoms with Crippen molar-refractivity contribution in [3.8, 4) is 0 Å². The highest BCUT2D eigenvalue weighted by atomic mass is 79.9. The van der Waals surface area contributed by atoms with Crippen LogP contribution in [0.3, 0.4) is 0 Å². The van der Waals surface area contributed by atoms with E-state index in [9.17, 15) is 4.79 Å². The van der Waals surface area contributed by atoms with E-state index in [1.807, 2.05) is 18.2 Å². The van der Waals surface area contributed by atoms with Crippen LogP contribution < -0.4 is 5.32 Å². The Labute approximate surface area is 103 Å². The highest BCUT2D eigenvalue weighted by Gasteiger charge is 2.21. The Kier molecular flexibility index (Phi) is 3.29. The SMILES string of the molecule is COC(=O)C1=CC=C2C=C(CBr)C=CC2N1. The summed E-state index contributed by atoms with van der Waals surface area (Å²) in [4.78, 5) is 11.3. The van der Waals surface area contributed by atoms with Gasteiger partial charge in [-0.2, -0.15) is 0 Å². The molecule has 2 rings (SSSR count). The molecule has 1 aliphatic heterocycles. The van der Waals surface area contributed by atoms with Gasteiger partial charge in [-0.1, -0.05) is 40.2 Å². The number of fused-ring (bicyclic) bond motifs is 1. The Morgan fingerprint density at radius 2 is 2.38 bits per heavy atom. The van der Waals surface area contributed by atoms with Crippen molar-refractivity contribution in [2.45, 2.75) is 6.04 Å². The number of methoxy groups -OCH3 is 1. The maximum absolute atomic E-state index is 11.3. The average molecular weight is 282 g/mol. The van der Waals surface area contributed by atoms with Gasteiger partial charge in [-0.15, -0.1) is 0 Å². The molecule has 84 valence electrons. The van der Waals surface area contributed by atoms with Crippen LogP contribution in [0.1, 0.15) is 0 Å². The largest absolute Gasteiger partial charge is 0.464 e. The number of ether oxygens (including phenoxy) is 1. The first kappa shape index (κ1) is 11.2. The summed E-state index contributed by atoms with van der Waals surface area (Å²) in [6.45, 7) is 0. The van der Waals surface area contributed by atoms with Gasteiger partial charge in [0, 0.05) is 5.33 Å². The van der Waals surface area contributed by atoms with E-state index >= 15 is 0 Å². The van der Waals surface area contributed by atoms with Crippen molar-refractivity contribution in [2.24, 2.45) is 0 Å². The zero-order valence-corrected chi connectivity index (χ0v) is 10.5. The number of allylic oxidation sites excluding steroid dienone is 4. The number of carbonyl (C=O) groups is 1. The molecule has 1 aliphatic carbocycles. The smallest absolute Gasteiger partial charge is 0.354 e. The van der Waals surface area contributed by atoms with E-state index in [-0.39, 0.29) is 12.0 Å². The minimum Gasteiger partial charge on any atom is -0.464 e. The summed E-state index contributed by atoms with van der Waals surface area (Å²) in [5, 5.41) is 3.96. The van der Waals surface area contributed by atoms with E-state index in [2.05, 4.69) is 32.1 Å². The third-order valence-corrected chi connectivity index (χ3v) is 3.17. The molecule has 1 heterocycles. The van der Waals surface area contributed by atoms with E-state index in [0.29, 0.717) is 5.70 Å². The second kappa shape index (κ2) is 4.70. The van der Waals surface area contributed by atoms with Crippen LogP contribution in [0, 0.1) is 0 Å². The molecule has 0 spiro atoms. The first-order valence-corrected chi connectivity index (χ1v) is 6.08. The molecule has 0 aromatic heterocycles. The van der Waals surface area contributed by atoms with Crippen LogP contribution >= 0.6 is 15.9 Å². The van der Waals surface area contributed by atoms with Crippen molar-refractivity contribution in [3.63, 3.8) is 0 Å². The first-order chi connectivity index (χ1) is 7.74. The molecular weight excluding hydrogens is 270 g/mol. The van der Waals surface area contributed by atoms with Crippen molar-refractivity contribution in [1.29, 1.82) is 0 Å². The Morgan fingerprint density at radius 3 is 3.06 bits per heavy atom. The maximum Gasteiger partial charge on any atom is 0.354 e. The number of hydrogen-bond acceptors (Lipinski definition) is 3. The summed E-state index contributed by atoms with van der Waals surface area (Å²) in [6, 6.07) is 0.0712. The van der Waals surface area contributed by atoms with Crippen molar-refractivity contribution in [3.05, 3.63) is 47.2 Å². The normalized spacial score (nSPS) is 22.4. The van der Waals surface area contributed by atoms with Gasteiger partial charge in [-0.05, 0) is 17.2 Å². The van der Waals surface area contributed by atoms with Crippen molar-refractivity contribution < 1.29 is 9.53 Å². The van der Waals surface area contributed by atoms with Crippen LogP contribution in [0.15, 0.2) is 47.2 Å². The quantitative estimate of drug-likeness (QED) is 0.620. The molecule has 1 atom stereocenters. The predicted octanol–water partition coefficient (Wildman–Crippen LogP) is 1.83. The summed E-state index contributed by atoms with van der Waals surface area (Å²) in [6.07, 6.45) is 9.89. The lowest BCUT2D eigenvalue weighted by atomic mass is 9.95. The molecule has 0 bridgehead atoms. The third kappa shape index (κ3) is 2.11. The minimum atomic E-state index is -0.334. The number of esters is 1. The highest BCUT2D eigenvalue weighted by Crippen LogP contribution is 2.22. The van der Waals surface area contributed by atoms with Gasteiger partial charge in [0.15, 0.2) is 0 Å². The van der Waals surface area contributed by atoms with Gasteiger partial charge in [-0.3, -0.25) is 0 Å². The van der Waals surface area contributed by atoms with Crippen molar-refractivity contribution >= 4 is 21.9 Å². The molecule has 0 saturated carbocycles. The van der Waals surface area contributed by atoms with Crippen LogP contribution in [0.25, 0.3) is 0 Å². The zero-order valence-electron chi connectivity index (χ0n) is 8.87. The van der Waals surface area contributed by atoms with Gasteiger partial charge in [0.2, 0.25) is 0 Å². The van der Waals surface area contributed by atoms with Crippen LogP contribution in [0.5, 0.6) is 0 Å².